The topological polar surface area (TPSA) is 59.2 Å². The maximum absolute atomic E-state index is 12.4. The van der Waals surface area contributed by atoms with E-state index in [1.54, 1.807) is 19.2 Å². The van der Waals surface area contributed by atoms with Crippen LogP contribution in [0.15, 0.2) is 48.7 Å². The predicted molar refractivity (Wildman–Crippen MR) is 88.9 cm³/mol. The first kappa shape index (κ1) is 14.6. The fourth-order valence-corrected chi connectivity index (χ4v) is 3.33. The van der Waals surface area contributed by atoms with E-state index in [1.807, 2.05) is 24.3 Å². The van der Waals surface area contributed by atoms with Crippen molar-refractivity contribution in [1.29, 1.82) is 0 Å². The molecule has 0 unspecified atom stereocenters. The van der Waals surface area contributed by atoms with Crippen molar-refractivity contribution in [3.8, 4) is 0 Å². The summed E-state index contributed by atoms with van der Waals surface area (Å²) in [4.78, 5) is 19.0. The number of carbonyl (C=O) groups excluding carboxylic acids is 1. The Bertz CT molecular complexity index is 661. The molecule has 114 valence electrons. The van der Waals surface area contributed by atoms with Crippen molar-refractivity contribution < 1.29 is 4.79 Å². The molecule has 0 atom stereocenters. The molecular weight excluding hydrogens is 274 g/mol. The average molecular weight is 295 g/mol. The van der Waals surface area contributed by atoms with Crippen molar-refractivity contribution in [1.82, 2.24) is 4.98 Å². The fourth-order valence-electron chi connectivity index (χ4n) is 3.33. The lowest BCUT2D eigenvalue weighted by molar-refractivity contribution is -0.123. The van der Waals surface area contributed by atoms with E-state index >= 15 is 0 Å². The smallest absolute Gasteiger partial charge is 0.140 e. The third kappa shape index (κ3) is 2.56. The van der Waals surface area contributed by atoms with Gasteiger partial charge in [-0.2, -0.15) is 0 Å². The van der Waals surface area contributed by atoms with E-state index in [9.17, 15) is 4.79 Å². The molecule has 0 aliphatic carbocycles. The van der Waals surface area contributed by atoms with E-state index in [0.29, 0.717) is 0 Å². The zero-order valence-electron chi connectivity index (χ0n) is 12.8. The zero-order chi connectivity index (χ0) is 15.6. The molecular formula is C18H21N3O. The molecule has 1 aliphatic rings. The Morgan fingerprint density at radius 3 is 2.45 bits per heavy atom. The summed E-state index contributed by atoms with van der Waals surface area (Å²) in [6.07, 6.45) is 3.35. The summed E-state index contributed by atoms with van der Waals surface area (Å²) in [7, 11) is 0. The monoisotopic (exact) mass is 295 g/mol. The van der Waals surface area contributed by atoms with Gasteiger partial charge in [-0.3, -0.25) is 4.79 Å². The van der Waals surface area contributed by atoms with Crippen LogP contribution in [0.25, 0.3) is 0 Å². The standard InChI is InChI=1S/C18H21N3O/c1-14(22)18(15-5-3-2-4-6-15)8-11-21(12-9-18)17-13-16(19)7-10-20-17/h2-7,10,13H,8-9,11-12H2,1H3,(H2,19,20). The SMILES string of the molecule is CC(=O)C1(c2ccccc2)CCN(c2cc(N)ccn2)CC1. The lowest BCUT2D eigenvalue weighted by Crippen LogP contribution is -2.46. The third-order valence-corrected chi connectivity index (χ3v) is 4.71. The first-order chi connectivity index (χ1) is 10.6. The summed E-state index contributed by atoms with van der Waals surface area (Å²) in [5.41, 5.74) is 7.32. The molecule has 1 fully saturated rings. The van der Waals surface area contributed by atoms with Gasteiger partial charge in [-0.25, -0.2) is 4.98 Å². The van der Waals surface area contributed by atoms with Gasteiger partial charge in [0.1, 0.15) is 11.6 Å². The molecule has 2 N–H and O–H groups in total. The van der Waals surface area contributed by atoms with Crippen molar-refractivity contribution in [3.63, 3.8) is 0 Å². The number of nitrogen functional groups attached to an aromatic ring is 1. The molecule has 2 heterocycles. The van der Waals surface area contributed by atoms with E-state index in [0.717, 1.165) is 43.0 Å². The first-order valence-electron chi connectivity index (χ1n) is 7.65. The first-order valence-corrected chi connectivity index (χ1v) is 7.65. The van der Waals surface area contributed by atoms with E-state index in [1.165, 1.54) is 0 Å². The molecule has 4 heteroatoms. The van der Waals surface area contributed by atoms with Crippen LogP contribution in [0.3, 0.4) is 0 Å². The largest absolute Gasteiger partial charge is 0.399 e. The number of aromatic nitrogens is 1. The van der Waals surface area contributed by atoms with Crippen LogP contribution in [0, 0.1) is 0 Å². The number of ketones is 1. The van der Waals surface area contributed by atoms with Gasteiger partial charge in [0, 0.05) is 31.0 Å². The van der Waals surface area contributed by atoms with Gasteiger partial charge in [0.2, 0.25) is 0 Å². The Balaban J connectivity index is 1.83. The zero-order valence-corrected chi connectivity index (χ0v) is 12.8. The highest BCUT2D eigenvalue weighted by molar-refractivity contribution is 5.88. The molecule has 1 aliphatic heterocycles. The number of Topliss-reactive ketones (excluding diaryl/α,β-unsaturated/α-hetero) is 1. The molecule has 0 amide bonds. The summed E-state index contributed by atoms with van der Waals surface area (Å²) in [6.45, 7) is 3.33. The number of rotatable bonds is 3. The predicted octanol–water partition coefficient (Wildman–Crippen LogP) is 2.79. The van der Waals surface area contributed by atoms with E-state index in [-0.39, 0.29) is 11.2 Å². The summed E-state index contributed by atoms with van der Waals surface area (Å²) in [5, 5.41) is 0. The fraction of sp³-hybridized carbons (Fsp3) is 0.333. The van der Waals surface area contributed by atoms with Crippen molar-refractivity contribution in [2.24, 2.45) is 0 Å². The van der Waals surface area contributed by atoms with Crippen LogP contribution in [0.1, 0.15) is 25.3 Å². The Hall–Kier alpha value is -2.36. The lowest BCUT2D eigenvalue weighted by atomic mass is 9.70. The molecule has 1 aromatic carbocycles. The molecule has 3 rings (SSSR count). The van der Waals surface area contributed by atoms with Gasteiger partial charge in [-0.15, -0.1) is 0 Å². The molecule has 0 radical (unpaired) electrons. The minimum atomic E-state index is -0.363. The molecule has 2 aromatic rings. The van der Waals surface area contributed by atoms with Gasteiger partial charge in [0.25, 0.3) is 0 Å². The Labute approximate surface area is 131 Å². The van der Waals surface area contributed by atoms with Crippen LogP contribution in [0.4, 0.5) is 11.5 Å². The highest BCUT2D eigenvalue weighted by Gasteiger charge is 2.40. The molecule has 1 saturated heterocycles. The summed E-state index contributed by atoms with van der Waals surface area (Å²) >= 11 is 0. The van der Waals surface area contributed by atoms with Crippen molar-refractivity contribution in [2.75, 3.05) is 23.7 Å². The number of hydrogen-bond donors (Lipinski definition) is 1. The van der Waals surface area contributed by atoms with Crippen molar-refractivity contribution >= 4 is 17.3 Å². The number of carbonyl (C=O) groups is 1. The average Bonchev–Trinajstić information content (AvgIpc) is 2.55. The lowest BCUT2D eigenvalue weighted by Gasteiger charge is -2.41. The molecule has 0 bridgehead atoms. The quantitative estimate of drug-likeness (QED) is 0.946. The van der Waals surface area contributed by atoms with Crippen LogP contribution >= 0.6 is 0 Å². The molecule has 0 saturated carbocycles. The maximum Gasteiger partial charge on any atom is 0.140 e. The van der Waals surface area contributed by atoms with Gasteiger partial charge >= 0.3 is 0 Å². The minimum absolute atomic E-state index is 0.249. The van der Waals surface area contributed by atoms with Crippen LogP contribution in [-0.2, 0) is 10.2 Å². The number of nitrogens with two attached hydrogens (primary N) is 1. The van der Waals surface area contributed by atoms with E-state index < -0.39 is 0 Å². The Morgan fingerprint density at radius 1 is 1.18 bits per heavy atom. The van der Waals surface area contributed by atoms with Gasteiger partial charge in [0.05, 0.1) is 5.41 Å². The van der Waals surface area contributed by atoms with Gasteiger partial charge in [-0.1, -0.05) is 30.3 Å². The molecule has 22 heavy (non-hydrogen) atoms. The van der Waals surface area contributed by atoms with Crippen LogP contribution in [0.2, 0.25) is 0 Å². The highest BCUT2D eigenvalue weighted by atomic mass is 16.1. The number of pyridine rings is 1. The van der Waals surface area contributed by atoms with Gasteiger partial charge in [-0.05, 0) is 31.4 Å². The molecule has 4 nitrogen and oxygen atoms in total. The summed E-state index contributed by atoms with van der Waals surface area (Å²) in [6, 6.07) is 13.8. The van der Waals surface area contributed by atoms with Gasteiger partial charge in [0.15, 0.2) is 0 Å². The second kappa shape index (κ2) is 5.79. The number of anilines is 2. The normalized spacial score (nSPS) is 17.2. The summed E-state index contributed by atoms with van der Waals surface area (Å²) in [5.74, 6) is 1.14. The van der Waals surface area contributed by atoms with Crippen LogP contribution in [-0.4, -0.2) is 23.9 Å². The number of piperidine rings is 1. The minimum Gasteiger partial charge on any atom is -0.399 e. The third-order valence-electron chi connectivity index (χ3n) is 4.71. The Kier molecular flexibility index (Phi) is 3.84. The molecule has 1 aromatic heterocycles. The van der Waals surface area contributed by atoms with Crippen molar-refractivity contribution in [3.05, 3.63) is 54.2 Å². The highest BCUT2D eigenvalue weighted by Crippen LogP contribution is 2.37. The van der Waals surface area contributed by atoms with Crippen LogP contribution < -0.4 is 10.6 Å². The van der Waals surface area contributed by atoms with Crippen molar-refractivity contribution in [2.45, 2.75) is 25.2 Å². The second-order valence-electron chi connectivity index (χ2n) is 5.94. The second-order valence-corrected chi connectivity index (χ2v) is 5.94. The Morgan fingerprint density at radius 2 is 1.86 bits per heavy atom. The van der Waals surface area contributed by atoms with E-state index in [4.69, 9.17) is 5.73 Å². The maximum atomic E-state index is 12.4. The number of hydrogen-bond acceptors (Lipinski definition) is 4. The molecule has 0 spiro atoms. The van der Waals surface area contributed by atoms with Gasteiger partial charge < -0.3 is 10.6 Å². The summed E-state index contributed by atoms with van der Waals surface area (Å²) < 4.78 is 0. The number of benzene rings is 1. The van der Waals surface area contributed by atoms with Crippen LogP contribution in [0.5, 0.6) is 0 Å². The number of nitrogens with zero attached hydrogens (tertiary/aromatic N) is 2. The van der Waals surface area contributed by atoms with E-state index in [2.05, 4.69) is 22.0 Å².